The Kier molecular flexibility index (Phi) is 5.62. The van der Waals surface area contributed by atoms with Gasteiger partial charge in [0.15, 0.2) is 0 Å². The van der Waals surface area contributed by atoms with Crippen LogP contribution < -0.4 is 15.0 Å². The first-order chi connectivity index (χ1) is 13.2. The Balaban J connectivity index is 1.82. The topological polar surface area (TPSA) is 79.0 Å². The first-order valence-corrected chi connectivity index (χ1v) is 10.4. The number of methoxy groups -OCH3 is 1. The number of sulfonamides is 1. The lowest BCUT2D eigenvalue weighted by Crippen LogP contribution is -2.37. The van der Waals surface area contributed by atoms with Crippen molar-refractivity contribution in [1.29, 1.82) is 0 Å². The van der Waals surface area contributed by atoms with Crippen molar-refractivity contribution in [1.82, 2.24) is 4.31 Å². The van der Waals surface area contributed by atoms with Crippen molar-refractivity contribution in [3.05, 3.63) is 48.0 Å². The van der Waals surface area contributed by atoms with E-state index in [4.69, 9.17) is 4.74 Å². The number of hydrogen-bond donors (Lipinski definition) is 1. The molecule has 3 rings (SSSR count). The average Bonchev–Trinajstić information content (AvgIpc) is 2.97. The van der Waals surface area contributed by atoms with Gasteiger partial charge < -0.3 is 15.0 Å². The highest BCUT2D eigenvalue weighted by Gasteiger charge is 2.27. The summed E-state index contributed by atoms with van der Waals surface area (Å²) in [6, 6.07) is 12.7. The maximum absolute atomic E-state index is 12.7. The maximum Gasteiger partial charge on any atom is 0.244 e. The van der Waals surface area contributed by atoms with Crippen LogP contribution in [0.2, 0.25) is 0 Å². The van der Waals surface area contributed by atoms with Gasteiger partial charge in [0.2, 0.25) is 15.9 Å². The summed E-state index contributed by atoms with van der Waals surface area (Å²) in [6.45, 7) is 2.25. The number of para-hydroxylation sites is 1. The summed E-state index contributed by atoms with van der Waals surface area (Å²) < 4.78 is 31.2. The number of carbonyl (C=O) groups is 1. The van der Waals surface area contributed by atoms with Crippen LogP contribution in [0.5, 0.6) is 5.75 Å². The highest BCUT2D eigenvalue weighted by atomic mass is 32.2. The molecule has 0 unspecified atom stereocenters. The predicted molar refractivity (Wildman–Crippen MR) is 109 cm³/mol. The average molecular weight is 404 g/mol. The zero-order chi connectivity index (χ0) is 20.5. The van der Waals surface area contributed by atoms with Gasteiger partial charge in [-0.3, -0.25) is 4.79 Å². The van der Waals surface area contributed by atoms with Crippen LogP contribution in [0.4, 0.5) is 11.4 Å². The lowest BCUT2D eigenvalue weighted by atomic mass is 10.1. The molecule has 0 aromatic heterocycles. The molecule has 1 aliphatic rings. The standard InChI is InChI=1S/C20H25N3O4S/c1-14-11-15-7-5-6-8-18(15)23(14)13-20(24)21-17-12-16(9-10-19(17)27-4)28(25,26)22(2)3/h5-10,12,14H,11,13H2,1-4H3,(H,21,24)/t14-/m0/s1. The second-order valence-corrected chi connectivity index (χ2v) is 9.16. The second-order valence-electron chi connectivity index (χ2n) is 7.01. The Bertz CT molecular complexity index is 989. The molecule has 8 heteroatoms. The van der Waals surface area contributed by atoms with Gasteiger partial charge in [-0.2, -0.15) is 0 Å². The lowest BCUT2D eigenvalue weighted by molar-refractivity contribution is -0.115. The minimum absolute atomic E-state index is 0.0912. The van der Waals surface area contributed by atoms with E-state index in [0.717, 1.165) is 16.4 Å². The lowest BCUT2D eigenvalue weighted by Gasteiger charge is -2.24. The van der Waals surface area contributed by atoms with Crippen molar-refractivity contribution >= 4 is 27.3 Å². The minimum Gasteiger partial charge on any atom is -0.495 e. The predicted octanol–water partition coefficient (Wildman–Crippen LogP) is 2.34. The fourth-order valence-corrected chi connectivity index (χ4v) is 4.30. The normalized spacial score (nSPS) is 16.2. The number of fused-ring (bicyclic) bond motifs is 1. The summed E-state index contributed by atoms with van der Waals surface area (Å²) in [6.07, 6.45) is 0.892. The van der Waals surface area contributed by atoms with Crippen LogP contribution in [0.1, 0.15) is 12.5 Å². The van der Waals surface area contributed by atoms with Crippen LogP contribution in [-0.4, -0.2) is 52.4 Å². The molecule has 150 valence electrons. The van der Waals surface area contributed by atoms with Crippen LogP contribution in [0.15, 0.2) is 47.4 Å². The molecule has 28 heavy (non-hydrogen) atoms. The number of ether oxygens (including phenoxy) is 1. The van der Waals surface area contributed by atoms with E-state index < -0.39 is 10.0 Å². The molecular weight excluding hydrogens is 378 g/mol. The van der Waals surface area contributed by atoms with Crippen molar-refractivity contribution < 1.29 is 17.9 Å². The van der Waals surface area contributed by atoms with E-state index in [2.05, 4.69) is 23.2 Å². The van der Waals surface area contributed by atoms with E-state index in [1.54, 1.807) is 6.07 Å². The number of nitrogens with one attached hydrogen (secondary N) is 1. The smallest absolute Gasteiger partial charge is 0.244 e. The number of carbonyl (C=O) groups excluding carboxylic acids is 1. The molecule has 2 aromatic rings. The quantitative estimate of drug-likeness (QED) is 0.801. The zero-order valence-corrected chi connectivity index (χ0v) is 17.3. The molecule has 1 N–H and O–H groups in total. The fraction of sp³-hybridized carbons (Fsp3) is 0.350. The van der Waals surface area contributed by atoms with Gasteiger partial charge in [0.1, 0.15) is 5.75 Å². The van der Waals surface area contributed by atoms with Crippen molar-refractivity contribution in [2.45, 2.75) is 24.3 Å². The van der Waals surface area contributed by atoms with Gasteiger partial charge >= 0.3 is 0 Å². The highest BCUT2D eigenvalue weighted by Crippen LogP contribution is 2.32. The number of anilines is 2. The van der Waals surface area contributed by atoms with Crippen LogP contribution in [0.3, 0.4) is 0 Å². The van der Waals surface area contributed by atoms with E-state index in [-0.39, 0.29) is 23.4 Å². The van der Waals surface area contributed by atoms with Crippen LogP contribution in [0.25, 0.3) is 0 Å². The Morgan fingerprint density at radius 3 is 2.64 bits per heavy atom. The molecule has 1 heterocycles. The van der Waals surface area contributed by atoms with Crippen molar-refractivity contribution in [2.24, 2.45) is 0 Å². The fourth-order valence-electron chi connectivity index (χ4n) is 3.37. The Labute approximate surface area is 166 Å². The third kappa shape index (κ3) is 3.83. The Hall–Kier alpha value is -2.58. The van der Waals surface area contributed by atoms with Gasteiger partial charge in [-0.05, 0) is 43.2 Å². The molecule has 0 aliphatic carbocycles. The first-order valence-electron chi connectivity index (χ1n) is 8.99. The zero-order valence-electron chi connectivity index (χ0n) is 16.5. The van der Waals surface area contributed by atoms with Gasteiger partial charge in [-0.1, -0.05) is 18.2 Å². The summed E-state index contributed by atoms with van der Waals surface area (Å²) in [5.74, 6) is 0.169. The largest absolute Gasteiger partial charge is 0.495 e. The van der Waals surface area contributed by atoms with E-state index >= 15 is 0 Å². The molecule has 0 saturated carbocycles. The molecule has 0 bridgehead atoms. The Morgan fingerprint density at radius 1 is 1.25 bits per heavy atom. The van der Waals surface area contributed by atoms with E-state index in [0.29, 0.717) is 11.4 Å². The molecule has 0 fully saturated rings. The second kappa shape index (κ2) is 7.81. The van der Waals surface area contributed by atoms with E-state index in [9.17, 15) is 13.2 Å². The van der Waals surface area contributed by atoms with Crippen LogP contribution in [0, 0.1) is 0 Å². The maximum atomic E-state index is 12.7. The van der Waals surface area contributed by atoms with Crippen molar-refractivity contribution in [3.63, 3.8) is 0 Å². The number of hydrogen-bond acceptors (Lipinski definition) is 5. The van der Waals surface area contributed by atoms with E-state index in [1.807, 2.05) is 18.2 Å². The SMILES string of the molecule is COc1ccc(S(=O)(=O)N(C)C)cc1NC(=O)CN1c2ccccc2C[C@@H]1C. The van der Waals surface area contributed by atoms with Gasteiger partial charge in [-0.25, -0.2) is 12.7 Å². The molecule has 1 amide bonds. The monoisotopic (exact) mass is 403 g/mol. The summed E-state index contributed by atoms with van der Waals surface area (Å²) in [4.78, 5) is 14.9. The van der Waals surface area contributed by atoms with Gasteiger partial charge in [0.25, 0.3) is 0 Å². The van der Waals surface area contributed by atoms with Gasteiger partial charge in [0, 0.05) is 25.8 Å². The highest BCUT2D eigenvalue weighted by molar-refractivity contribution is 7.89. The third-order valence-electron chi connectivity index (χ3n) is 4.89. The molecular formula is C20H25N3O4S. The van der Waals surface area contributed by atoms with Gasteiger partial charge in [-0.15, -0.1) is 0 Å². The van der Waals surface area contributed by atoms with Crippen LogP contribution in [-0.2, 0) is 21.2 Å². The van der Waals surface area contributed by atoms with Crippen molar-refractivity contribution in [2.75, 3.05) is 38.0 Å². The summed E-state index contributed by atoms with van der Waals surface area (Å²) in [5, 5.41) is 2.80. The summed E-state index contributed by atoms with van der Waals surface area (Å²) in [5.41, 5.74) is 2.61. The molecule has 0 radical (unpaired) electrons. The molecule has 2 aromatic carbocycles. The number of nitrogens with zero attached hydrogens (tertiary/aromatic N) is 2. The van der Waals surface area contributed by atoms with Crippen LogP contribution >= 0.6 is 0 Å². The molecule has 1 atom stereocenters. The number of amides is 1. The molecule has 0 spiro atoms. The number of rotatable bonds is 6. The van der Waals surface area contributed by atoms with E-state index in [1.165, 1.54) is 38.9 Å². The number of benzene rings is 2. The molecule has 0 saturated heterocycles. The third-order valence-corrected chi connectivity index (χ3v) is 6.70. The van der Waals surface area contributed by atoms with Crippen molar-refractivity contribution in [3.8, 4) is 5.75 Å². The van der Waals surface area contributed by atoms with Gasteiger partial charge in [0.05, 0.1) is 24.2 Å². The minimum atomic E-state index is -3.62. The first kappa shape index (κ1) is 20.2. The molecule has 7 nitrogen and oxygen atoms in total. The summed E-state index contributed by atoms with van der Waals surface area (Å²) >= 11 is 0. The Morgan fingerprint density at radius 2 is 1.96 bits per heavy atom. The molecule has 1 aliphatic heterocycles. The summed E-state index contributed by atoms with van der Waals surface area (Å²) in [7, 11) is 0.785.